The zero-order chi connectivity index (χ0) is 15.5. The van der Waals surface area contributed by atoms with Crippen molar-refractivity contribution in [3.05, 3.63) is 23.8 Å². The molecule has 3 N–H and O–H groups in total. The number of ether oxygens (including phenoxy) is 1. The van der Waals surface area contributed by atoms with E-state index in [0.29, 0.717) is 5.75 Å². The van der Waals surface area contributed by atoms with E-state index in [1.807, 2.05) is 6.92 Å². The van der Waals surface area contributed by atoms with Gasteiger partial charge < -0.3 is 20.5 Å². The van der Waals surface area contributed by atoms with Crippen LogP contribution in [0.5, 0.6) is 5.75 Å². The van der Waals surface area contributed by atoms with Gasteiger partial charge in [0.1, 0.15) is 5.75 Å². The Morgan fingerprint density at radius 1 is 1.29 bits per heavy atom. The first-order chi connectivity index (χ1) is 9.93. The van der Waals surface area contributed by atoms with Crippen LogP contribution in [0.25, 0.3) is 0 Å². The van der Waals surface area contributed by atoms with Crippen molar-refractivity contribution in [3.63, 3.8) is 0 Å². The number of anilines is 1. The highest BCUT2D eigenvalue weighted by molar-refractivity contribution is 6.00. The molecule has 0 heterocycles. The molecule has 1 aromatic carbocycles. The van der Waals surface area contributed by atoms with E-state index in [0.717, 1.165) is 25.7 Å². The van der Waals surface area contributed by atoms with Gasteiger partial charge in [-0.05, 0) is 38.0 Å². The minimum Gasteiger partial charge on any atom is -0.497 e. The third-order valence-electron chi connectivity index (χ3n) is 3.83. The molecule has 2 amide bonds. The van der Waals surface area contributed by atoms with Crippen molar-refractivity contribution in [2.45, 2.75) is 38.1 Å². The van der Waals surface area contributed by atoms with Crippen LogP contribution in [0.2, 0.25) is 0 Å². The van der Waals surface area contributed by atoms with Gasteiger partial charge >= 0.3 is 12.0 Å². The van der Waals surface area contributed by atoms with Crippen LogP contribution in [0.3, 0.4) is 0 Å². The second-order valence-corrected chi connectivity index (χ2v) is 5.56. The maximum atomic E-state index is 12.1. The fourth-order valence-electron chi connectivity index (χ4n) is 2.64. The van der Waals surface area contributed by atoms with Gasteiger partial charge in [-0.2, -0.15) is 0 Å². The monoisotopic (exact) mass is 292 g/mol. The Labute approximate surface area is 123 Å². The van der Waals surface area contributed by atoms with Crippen molar-refractivity contribution in [2.24, 2.45) is 0 Å². The Balaban J connectivity index is 2.11. The summed E-state index contributed by atoms with van der Waals surface area (Å²) in [5.74, 6) is -0.683. The molecule has 1 fully saturated rings. The molecule has 6 heteroatoms. The summed E-state index contributed by atoms with van der Waals surface area (Å²) in [6, 6.07) is 4.14. The van der Waals surface area contributed by atoms with Crippen LogP contribution in [0.4, 0.5) is 10.5 Å². The molecular weight excluding hydrogens is 272 g/mol. The van der Waals surface area contributed by atoms with Gasteiger partial charge in [0.05, 0.1) is 18.4 Å². The number of amides is 2. The smallest absolute Gasteiger partial charge is 0.337 e. The molecule has 1 aromatic rings. The predicted molar refractivity (Wildman–Crippen MR) is 79.0 cm³/mol. The first-order valence-electron chi connectivity index (χ1n) is 6.94. The van der Waals surface area contributed by atoms with E-state index in [-0.39, 0.29) is 22.8 Å². The molecule has 1 aliphatic rings. The molecule has 0 unspecified atom stereocenters. The van der Waals surface area contributed by atoms with Crippen LogP contribution in [0.15, 0.2) is 18.2 Å². The topological polar surface area (TPSA) is 87.7 Å². The summed E-state index contributed by atoms with van der Waals surface area (Å²) in [4.78, 5) is 23.3. The lowest BCUT2D eigenvalue weighted by atomic mass is 10.0. The maximum absolute atomic E-state index is 12.1. The molecule has 0 aliphatic heterocycles. The Morgan fingerprint density at radius 3 is 2.52 bits per heavy atom. The fourth-order valence-corrected chi connectivity index (χ4v) is 2.64. The van der Waals surface area contributed by atoms with E-state index in [1.165, 1.54) is 19.2 Å². The summed E-state index contributed by atoms with van der Waals surface area (Å²) in [6.07, 6.45) is 4.07. The number of carbonyl (C=O) groups excluding carboxylic acids is 1. The molecule has 114 valence electrons. The molecule has 0 radical (unpaired) electrons. The molecule has 1 saturated carbocycles. The van der Waals surface area contributed by atoms with Crippen LogP contribution in [-0.4, -0.2) is 29.8 Å². The van der Waals surface area contributed by atoms with E-state index < -0.39 is 5.97 Å². The van der Waals surface area contributed by atoms with Crippen LogP contribution < -0.4 is 15.4 Å². The van der Waals surface area contributed by atoms with E-state index in [2.05, 4.69) is 10.6 Å². The number of urea groups is 1. The van der Waals surface area contributed by atoms with Gasteiger partial charge in [-0.15, -0.1) is 0 Å². The minimum absolute atomic E-state index is 0.000995. The number of carboxylic acids is 1. The number of nitrogens with one attached hydrogen (secondary N) is 2. The normalized spacial score (nSPS) is 16.3. The van der Waals surface area contributed by atoms with Crippen molar-refractivity contribution in [2.75, 3.05) is 12.4 Å². The molecule has 0 bridgehead atoms. The van der Waals surface area contributed by atoms with Crippen LogP contribution >= 0.6 is 0 Å². The Hall–Kier alpha value is -2.24. The van der Waals surface area contributed by atoms with Crippen molar-refractivity contribution in [3.8, 4) is 5.75 Å². The summed E-state index contributed by atoms with van der Waals surface area (Å²) in [7, 11) is 1.46. The molecule has 6 nitrogen and oxygen atoms in total. The molecule has 0 saturated heterocycles. The van der Waals surface area contributed by atoms with E-state index in [9.17, 15) is 14.7 Å². The molecule has 1 aliphatic carbocycles. The number of methoxy groups -OCH3 is 1. The summed E-state index contributed by atoms with van der Waals surface area (Å²) in [5.41, 5.74) is 0.0448. The fraction of sp³-hybridized carbons (Fsp3) is 0.467. The van der Waals surface area contributed by atoms with Gasteiger partial charge in [-0.1, -0.05) is 12.8 Å². The second kappa shape index (κ2) is 6.03. The van der Waals surface area contributed by atoms with E-state index >= 15 is 0 Å². The quantitative estimate of drug-likeness (QED) is 0.796. The number of hydrogen-bond acceptors (Lipinski definition) is 3. The van der Waals surface area contributed by atoms with E-state index in [1.54, 1.807) is 6.07 Å². The molecule has 0 atom stereocenters. The van der Waals surface area contributed by atoms with Gasteiger partial charge in [0.2, 0.25) is 0 Å². The Kier molecular flexibility index (Phi) is 4.35. The standard InChI is InChI=1S/C15H20N2O4/c1-15(7-3-4-8-15)17-14(20)16-12-6-5-10(21-2)9-11(12)13(18)19/h5-6,9H,3-4,7-8H2,1-2H3,(H,18,19)(H2,16,17,20). The van der Waals surface area contributed by atoms with Crippen LogP contribution in [0, 0.1) is 0 Å². The Bertz CT molecular complexity index is 551. The first kappa shape index (κ1) is 15.2. The lowest BCUT2D eigenvalue weighted by Gasteiger charge is -2.25. The van der Waals surface area contributed by atoms with Crippen molar-refractivity contribution in [1.82, 2.24) is 5.32 Å². The predicted octanol–water partition coefficient (Wildman–Crippen LogP) is 2.85. The summed E-state index contributed by atoms with van der Waals surface area (Å²) < 4.78 is 5.00. The van der Waals surface area contributed by atoms with Crippen LogP contribution in [0.1, 0.15) is 43.0 Å². The maximum Gasteiger partial charge on any atom is 0.337 e. The molecule has 0 aromatic heterocycles. The van der Waals surface area contributed by atoms with Crippen molar-refractivity contribution < 1.29 is 19.4 Å². The third kappa shape index (κ3) is 3.65. The second-order valence-electron chi connectivity index (χ2n) is 5.56. The number of hydrogen-bond donors (Lipinski definition) is 3. The zero-order valence-corrected chi connectivity index (χ0v) is 12.2. The highest BCUT2D eigenvalue weighted by atomic mass is 16.5. The van der Waals surface area contributed by atoms with Gasteiger partial charge in [0, 0.05) is 5.54 Å². The molecule has 21 heavy (non-hydrogen) atoms. The number of rotatable bonds is 4. The van der Waals surface area contributed by atoms with Crippen LogP contribution in [-0.2, 0) is 0 Å². The molecule has 2 rings (SSSR count). The highest BCUT2D eigenvalue weighted by Crippen LogP contribution is 2.29. The lowest BCUT2D eigenvalue weighted by molar-refractivity contribution is 0.0697. The minimum atomic E-state index is -1.11. The SMILES string of the molecule is COc1ccc(NC(=O)NC2(C)CCCC2)c(C(=O)O)c1. The van der Waals surface area contributed by atoms with Gasteiger partial charge in [0.25, 0.3) is 0 Å². The average molecular weight is 292 g/mol. The van der Waals surface area contributed by atoms with Gasteiger partial charge in [0.15, 0.2) is 0 Å². The number of benzene rings is 1. The van der Waals surface area contributed by atoms with Crippen molar-refractivity contribution >= 4 is 17.7 Å². The van der Waals surface area contributed by atoms with E-state index in [4.69, 9.17) is 4.74 Å². The molecular formula is C15H20N2O4. The summed E-state index contributed by atoms with van der Waals surface area (Å²) in [6.45, 7) is 2.01. The number of carbonyl (C=O) groups is 2. The highest BCUT2D eigenvalue weighted by Gasteiger charge is 2.30. The number of aromatic carboxylic acids is 1. The molecule has 0 spiro atoms. The Morgan fingerprint density at radius 2 is 1.95 bits per heavy atom. The summed E-state index contributed by atoms with van der Waals surface area (Å²) in [5, 5.41) is 14.7. The number of carboxylic acid groups (broad SMARTS) is 1. The first-order valence-corrected chi connectivity index (χ1v) is 6.94. The third-order valence-corrected chi connectivity index (χ3v) is 3.83. The lowest BCUT2D eigenvalue weighted by Crippen LogP contribution is -2.45. The largest absolute Gasteiger partial charge is 0.497 e. The summed E-state index contributed by atoms with van der Waals surface area (Å²) >= 11 is 0. The van der Waals surface area contributed by atoms with Gasteiger partial charge in [-0.3, -0.25) is 0 Å². The van der Waals surface area contributed by atoms with Gasteiger partial charge in [-0.25, -0.2) is 9.59 Å². The average Bonchev–Trinajstić information content (AvgIpc) is 2.85. The zero-order valence-electron chi connectivity index (χ0n) is 12.2. The van der Waals surface area contributed by atoms with Crippen molar-refractivity contribution in [1.29, 1.82) is 0 Å².